The molecule has 0 bridgehead atoms. The van der Waals surface area contributed by atoms with Gasteiger partial charge in [0.25, 0.3) is 5.91 Å². The van der Waals surface area contributed by atoms with Gasteiger partial charge in [0.2, 0.25) is 0 Å². The molecule has 2 heterocycles. The van der Waals surface area contributed by atoms with Crippen molar-refractivity contribution < 1.29 is 29.4 Å². The smallest absolute Gasteiger partial charge is 0.328 e. The van der Waals surface area contributed by atoms with Crippen LogP contribution in [-0.4, -0.2) is 69.1 Å². The third-order valence-electron chi connectivity index (χ3n) is 3.45. The fourth-order valence-corrected chi connectivity index (χ4v) is 3.93. The number of nitrogens with two attached hydrogens (primary N) is 1. The molecule has 0 aromatic carbocycles. The Balaban J connectivity index is 2.20. The Hall–Kier alpha value is -2.64. The number of rotatable bonds is 7. The molecule has 3 atom stereocenters. The summed E-state index contributed by atoms with van der Waals surface area (Å²) >= 11 is 2.20. The Labute approximate surface area is 161 Å². The summed E-state index contributed by atoms with van der Waals surface area (Å²) in [5, 5.41) is 28.1. The number of carboxylic acids is 2. The summed E-state index contributed by atoms with van der Waals surface area (Å²) in [5.41, 5.74) is 5.82. The van der Waals surface area contributed by atoms with Gasteiger partial charge in [-0.3, -0.25) is 14.9 Å². The fourth-order valence-electron chi connectivity index (χ4n) is 2.22. The molecule has 1 fully saturated rings. The summed E-state index contributed by atoms with van der Waals surface area (Å²) in [6.07, 6.45) is 0. The SMILES string of the molecule is C=C1CS[C@H]([C@H](NC(=O)/C(=N/OC)c2csc(N)n2)C(=O)O)N[C@H]1C(=O)O. The highest BCUT2D eigenvalue weighted by molar-refractivity contribution is 8.00. The van der Waals surface area contributed by atoms with Gasteiger partial charge < -0.3 is 26.1 Å². The highest BCUT2D eigenvalue weighted by Crippen LogP contribution is 2.24. The number of hydrogen-bond acceptors (Lipinski definition) is 10. The fraction of sp³-hybridized carbons (Fsp3) is 0.357. The van der Waals surface area contributed by atoms with Gasteiger partial charge in [-0.2, -0.15) is 0 Å². The molecule has 0 aliphatic carbocycles. The van der Waals surface area contributed by atoms with Gasteiger partial charge in [0.15, 0.2) is 16.9 Å². The second kappa shape index (κ2) is 8.83. The van der Waals surface area contributed by atoms with Crippen LogP contribution in [0.25, 0.3) is 0 Å². The van der Waals surface area contributed by atoms with Crippen LogP contribution < -0.4 is 16.4 Å². The number of nitrogens with zero attached hydrogens (tertiary/aromatic N) is 2. The predicted octanol–water partition coefficient (Wildman–Crippen LogP) is -0.683. The van der Waals surface area contributed by atoms with E-state index in [2.05, 4.69) is 32.2 Å². The second-order valence-corrected chi connectivity index (χ2v) is 7.33. The van der Waals surface area contributed by atoms with Crippen molar-refractivity contribution in [2.24, 2.45) is 5.16 Å². The van der Waals surface area contributed by atoms with Crippen molar-refractivity contribution in [3.8, 4) is 0 Å². The van der Waals surface area contributed by atoms with Crippen molar-refractivity contribution in [3.63, 3.8) is 0 Å². The van der Waals surface area contributed by atoms with Crippen LogP contribution in [0.2, 0.25) is 0 Å². The molecule has 1 saturated heterocycles. The number of nitrogens with one attached hydrogen (secondary N) is 2. The zero-order valence-corrected chi connectivity index (χ0v) is 15.7. The monoisotopic (exact) mass is 415 g/mol. The number of anilines is 1. The Morgan fingerprint density at radius 1 is 1.52 bits per heavy atom. The number of carbonyl (C=O) groups is 3. The van der Waals surface area contributed by atoms with E-state index in [-0.39, 0.29) is 22.3 Å². The molecule has 0 unspecified atom stereocenters. The Morgan fingerprint density at radius 2 is 2.22 bits per heavy atom. The third-order valence-corrected chi connectivity index (χ3v) is 5.43. The summed E-state index contributed by atoms with van der Waals surface area (Å²) in [4.78, 5) is 44.1. The van der Waals surface area contributed by atoms with Crippen LogP contribution in [0.3, 0.4) is 0 Å². The minimum Gasteiger partial charge on any atom is -0.480 e. The highest BCUT2D eigenvalue weighted by atomic mass is 32.2. The van der Waals surface area contributed by atoms with Crippen molar-refractivity contribution in [1.29, 1.82) is 0 Å². The van der Waals surface area contributed by atoms with Crippen molar-refractivity contribution in [1.82, 2.24) is 15.6 Å². The zero-order valence-electron chi connectivity index (χ0n) is 14.0. The number of carbonyl (C=O) groups excluding carboxylic acids is 1. The molecular weight excluding hydrogens is 398 g/mol. The molecule has 146 valence electrons. The number of thioether (sulfide) groups is 1. The summed E-state index contributed by atoms with van der Waals surface area (Å²) < 4.78 is 0. The van der Waals surface area contributed by atoms with E-state index in [1.54, 1.807) is 0 Å². The van der Waals surface area contributed by atoms with Crippen molar-refractivity contribution in [2.45, 2.75) is 17.5 Å². The molecule has 1 aliphatic heterocycles. The summed E-state index contributed by atoms with van der Waals surface area (Å²) in [7, 11) is 1.22. The van der Waals surface area contributed by atoms with E-state index in [4.69, 9.17) is 5.73 Å². The van der Waals surface area contributed by atoms with Gasteiger partial charge in [-0.05, 0) is 5.57 Å². The van der Waals surface area contributed by atoms with Crippen LogP contribution >= 0.6 is 23.1 Å². The average Bonchev–Trinajstić information content (AvgIpc) is 3.03. The number of hydrogen-bond donors (Lipinski definition) is 5. The quantitative estimate of drug-likeness (QED) is 0.218. The van der Waals surface area contributed by atoms with Crippen LogP contribution in [0.5, 0.6) is 0 Å². The Kier molecular flexibility index (Phi) is 6.76. The lowest BCUT2D eigenvalue weighted by molar-refractivity contribution is -0.142. The first kappa shape index (κ1) is 20.7. The minimum absolute atomic E-state index is 0.127. The lowest BCUT2D eigenvalue weighted by Crippen LogP contribution is -2.59. The molecular formula is C14H17N5O6S2. The van der Waals surface area contributed by atoms with E-state index in [0.717, 1.165) is 23.1 Å². The van der Waals surface area contributed by atoms with E-state index < -0.39 is 35.3 Å². The van der Waals surface area contributed by atoms with Crippen LogP contribution in [0.15, 0.2) is 22.7 Å². The Bertz CT molecular complexity index is 795. The van der Waals surface area contributed by atoms with Crippen LogP contribution in [0, 0.1) is 0 Å². The number of oxime groups is 1. The van der Waals surface area contributed by atoms with Crippen LogP contribution in [0.4, 0.5) is 5.13 Å². The van der Waals surface area contributed by atoms with Crippen molar-refractivity contribution in [2.75, 3.05) is 18.6 Å². The van der Waals surface area contributed by atoms with Crippen LogP contribution in [0.1, 0.15) is 5.69 Å². The predicted molar refractivity (Wildman–Crippen MR) is 99.6 cm³/mol. The molecule has 1 amide bonds. The average molecular weight is 415 g/mol. The number of amides is 1. The highest BCUT2D eigenvalue weighted by Gasteiger charge is 2.38. The largest absolute Gasteiger partial charge is 0.480 e. The zero-order chi connectivity index (χ0) is 20.1. The van der Waals surface area contributed by atoms with E-state index in [0.29, 0.717) is 5.57 Å². The third kappa shape index (κ3) is 4.96. The molecule has 1 aromatic heterocycles. The number of nitrogen functional groups attached to an aromatic ring is 1. The van der Waals surface area contributed by atoms with E-state index >= 15 is 0 Å². The van der Waals surface area contributed by atoms with Gasteiger partial charge in [0.05, 0.1) is 5.37 Å². The molecule has 27 heavy (non-hydrogen) atoms. The van der Waals surface area contributed by atoms with Gasteiger partial charge in [-0.15, -0.1) is 23.1 Å². The van der Waals surface area contributed by atoms with Gasteiger partial charge in [0, 0.05) is 11.1 Å². The lowest BCUT2D eigenvalue weighted by atomic mass is 10.1. The summed E-state index contributed by atoms with van der Waals surface area (Å²) in [6.45, 7) is 3.66. The molecule has 2 rings (SSSR count). The normalized spacial score (nSPS) is 21.4. The number of aromatic nitrogens is 1. The van der Waals surface area contributed by atoms with Crippen molar-refractivity contribution in [3.05, 3.63) is 23.2 Å². The molecule has 11 nitrogen and oxygen atoms in total. The van der Waals surface area contributed by atoms with Crippen LogP contribution in [-0.2, 0) is 19.2 Å². The van der Waals surface area contributed by atoms with Gasteiger partial charge in [0.1, 0.15) is 18.8 Å². The maximum absolute atomic E-state index is 12.5. The standard InChI is InChI=1S/C14H17N5O6S2/c1-5-3-26-11(18-7(5)12(21)22)9(13(23)24)17-10(20)8(19-25-2)6-4-27-14(15)16-6/h4,7,9,11,18H,1,3H2,2H3,(H2,15,16)(H,17,20)(H,21,22)(H,23,24)/b19-8+/t7-,9+,11-/m1/s1. The van der Waals surface area contributed by atoms with Gasteiger partial charge in [-0.1, -0.05) is 11.7 Å². The molecule has 0 radical (unpaired) electrons. The molecule has 0 saturated carbocycles. The van der Waals surface area contributed by atoms with Crippen molar-refractivity contribution >= 4 is 51.8 Å². The maximum atomic E-state index is 12.5. The molecule has 13 heteroatoms. The molecule has 1 aliphatic rings. The Morgan fingerprint density at radius 3 is 2.74 bits per heavy atom. The van der Waals surface area contributed by atoms with Gasteiger partial charge >= 0.3 is 11.9 Å². The molecule has 6 N–H and O–H groups in total. The molecule has 0 spiro atoms. The van der Waals surface area contributed by atoms with E-state index in [9.17, 15) is 24.6 Å². The minimum atomic E-state index is -1.43. The first-order chi connectivity index (χ1) is 12.7. The number of carboxylic acid groups (broad SMARTS) is 2. The number of aliphatic carboxylic acids is 2. The first-order valence-corrected chi connectivity index (χ1v) is 9.31. The second-order valence-electron chi connectivity index (χ2n) is 5.31. The lowest BCUT2D eigenvalue weighted by Gasteiger charge is -2.33. The summed E-state index contributed by atoms with van der Waals surface area (Å²) in [5.74, 6) is -3.15. The number of thiazole rings is 1. The first-order valence-electron chi connectivity index (χ1n) is 7.39. The van der Waals surface area contributed by atoms with E-state index in [1.807, 2.05) is 0 Å². The summed E-state index contributed by atoms with van der Waals surface area (Å²) in [6, 6.07) is -2.55. The van der Waals surface area contributed by atoms with Gasteiger partial charge in [-0.25, -0.2) is 9.78 Å². The topological polar surface area (TPSA) is 176 Å². The van der Waals surface area contributed by atoms with E-state index in [1.165, 1.54) is 12.5 Å². The molecule has 1 aromatic rings. The maximum Gasteiger partial charge on any atom is 0.328 e.